The van der Waals surface area contributed by atoms with E-state index in [1.165, 1.54) is 50.2 Å². The second-order valence-corrected chi connectivity index (χ2v) is 10.3. The van der Waals surface area contributed by atoms with E-state index in [-0.39, 0.29) is 0 Å². The topological polar surface area (TPSA) is 48.1 Å². The van der Waals surface area contributed by atoms with Crippen molar-refractivity contribution in [3.05, 3.63) is 55.0 Å². The lowest BCUT2D eigenvalue weighted by Crippen LogP contribution is -2.59. The summed E-state index contributed by atoms with van der Waals surface area (Å²) in [4.78, 5) is 19.7. The molecule has 182 valence electrons. The molecule has 0 saturated carbocycles. The van der Waals surface area contributed by atoms with Crippen LogP contribution in [0.3, 0.4) is 0 Å². The molecular formula is C27H34N8. The number of hydrogen-bond acceptors (Lipinski definition) is 6. The molecule has 8 heteroatoms. The van der Waals surface area contributed by atoms with E-state index in [1.54, 1.807) is 0 Å². The highest BCUT2D eigenvalue weighted by Gasteiger charge is 2.32. The zero-order chi connectivity index (χ0) is 23.2. The van der Waals surface area contributed by atoms with Crippen molar-refractivity contribution in [2.24, 2.45) is 0 Å². The number of fused-ring (bicyclic) bond motifs is 2. The second-order valence-electron chi connectivity index (χ2n) is 10.3. The molecule has 0 radical (unpaired) electrons. The zero-order valence-electron chi connectivity index (χ0n) is 20.3. The summed E-state index contributed by atoms with van der Waals surface area (Å²) < 4.78 is 4.52. The first-order valence-corrected chi connectivity index (χ1v) is 13.2. The van der Waals surface area contributed by atoms with Gasteiger partial charge in [-0.3, -0.25) is 14.2 Å². The number of piperazine rings is 1. The Hall–Kier alpha value is -3.10. The number of imidazole rings is 1. The van der Waals surface area contributed by atoms with Crippen molar-refractivity contribution in [1.29, 1.82) is 0 Å². The van der Waals surface area contributed by atoms with Crippen molar-refractivity contribution >= 4 is 28.3 Å². The number of hydrogen-bond donors (Lipinski definition) is 0. The number of nitrogens with zero attached hydrogens (tertiary/aromatic N) is 8. The standard InChI is InChI=1S/C27H34N8/c1-2-11-31(10-1)23-20-30(21-23)14-15-34-12-8-22-6-7-25(29-27(22)34)32-16-18-33(19-17-32)26-5-3-4-24-28-9-13-35(24)26/h3-9,12-13,23H,1-2,10-11,14-21H2. The van der Waals surface area contributed by atoms with Gasteiger partial charge < -0.3 is 14.4 Å². The first kappa shape index (κ1) is 21.2. The maximum absolute atomic E-state index is 5.13. The van der Waals surface area contributed by atoms with Crippen molar-refractivity contribution in [3.8, 4) is 0 Å². The predicted molar refractivity (Wildman–Crippen MR) is 140 cm³/mol. The average molecular weight is 471 g/mol. The Balaban J connectivity index is 0.995. The van der Waals surface area contributed by atoms with Gasteiger partial charge in [-0.1, -0.05) is 6.07 Å². The first-order chi connectivity index (χ1) is 17.3. The van der Waals surface area contributed by atoms with Gasteiger partial charge in [-0.2, -0.15) is 0 Å². The van der Waals surface area contributed by atoms with Crippen molar-refractivity contribution < 1.29 is 0 Å². The van der Waals surface area contributed by atoms with Gasteiger partial charge in [-0.15, -0.1) is 0 Å². The molecule has 0 spiro atoms. The van der Waals surface area contributed by atoms with Gasteiger partial charge in [0, 0.05) is 82.4 Å². The van der Waals surface area contributed by atoms with Crippen LogP contribution in [0.15, 0.2) is 55.0 Å². The lowest BCUT2D eigenvalue weighted by atomic mass is 10.1. The van der Waals surface area contributed by atoms with E-state index in [0.717, 1.165) is 62.4 Å². The monoisotopic (exact) mass is 470 g/mol. The van der Waals surface area contributed by atoms with Crippen molar-refractivity contribution in [1.82, 2.24) is 28.7 Å². The summed E-state index contributed by atoms with van der Waals surface area (Å²) in [6, 6.07) is 13.8. The number of anilines is 2. The first-order valence-electron chi connectivity index (χ1n) is 13.2. The Kier molecular flexibility index (Phi) is 5.36. The summed E-state index contributed by atoms with van der Waals surface area (Å²) in [6.07, 6.45) is 8.90. The Morgan fingerprint density at radius 3 is 2.49 bits per heavy atom. The molecule has 7 rings (SSSR count). The maximum Gasteiger partial charge on any atom is 0.142 e. The molecule has 3 aliphatic heterocycles. The second kappa shape index (κ2) is 8.84. The minimum atomic E-state index is 0.795. The van der Waals surface area contributed by atoms with Crippen LogP contribution in [-0.4, -0.2) is 93.7 Å². The van der Waals surface area contributed by atoms with Crippen LogP contribution >= 0.6 is 0 Å². The van der Waals surface area contributed by atoms with Crippen LogP contribution in [0.4, 0.5) is 11.6 Å². The summed E-state index contributed by atoms with van der Waals surface area (Å²) in [7, 11) is 0. The van der Waals surface area contributed by atoms with E-state index >= 15 is 0 Å². The van der Waals surface area contributed by atoms with Crippen LogP contribution < -0.4 is 9.80 Å². The van der Waals surface area contributed by atoms with Gasteiger partial charge in [0.15, 0.2) is 0 Å². The summed E-state index contributed by atoms with van der Waals surface area (Å²) in [5.41, 5.74) is 2.12. The van der Waals surface area contributed by atoms with Gasteiger partial charge in [0.25, 0.3) is 0 Å². The third-order valence-electron chi connectivity index (χ3n) is 8.18. The molecule has 4 aromatic heterocycles. The maximum atomic E-state index is 5.13. The third kappa shape index (κ3) is 3.94. The largest absolute Gasteiger partial charge is 0.354 e. The normalized spacial score (nSPS) is 20.3. The molecule has 0 N–H and O–H groups in total. The Morgan fingerprint density at radius 1 is 0.800 bits per heavy atom. The molecule has 0 bridgehead atoms. The van der Waals surface area contributed by atoms with Gasteiger partial charge in [-0.05, 0) is 56.3 Å². The number of aromatic nitrogens is 4. The fourth-order valence-electron chi connectivity index (χ4n) is 6.07. The summed E-state index contributed by atoms with van der Waals surface area (Å²) in [5.74, 6) is 2.31. The summed E-state index contributed by atoms with van der Waals surface area (Å²) >= 11 is 0. The Morgan fingerprint density at radius 2 is 1.63 bits per heavy atom. The van der Waals surface area contributed by atoms with E-state index in [9.17, 15) is 0 Å². The predicted octanol–water partition coefficient (Wildman–Crippen LogP) is 2.79. The van der Waals surface area contributed by atoms with Crippen molar-refractivity contribution in [2.75, 3.05) is 68.7 Å². The quantitative estimate of drug-likeness (QED) is 0.432. The Labute approximate surface area is 206 Å². The molecule has 7 heterocycles. The van der Waals surface area contributed by atoms with E-state index in [2.05, 4.69) is 76.1 Å². The fraction of sp³-hybridized carbons (Fsp3) is 0.481. The van der Waals surface area contributed by atoms with Gasteiger partial charge in [-0.25, -0.2) is 9.97 Å². The summed E-state index contributed by atoms with van der Waals surface area (Å²) in [5, 5.41) is 1.23. The molecule has 4 aromatic rings. The van der Waals surface area contributed by atoms with Crippen LogP contribution in [0.2, 0.25) is 0 Å². The van der Waals surface area contributed by atoms with Crippen LogP contribution in [0, 0.1) is 0 Å². The third-order valence-corrected chi connectivity index (χ3v) is 8.18. The zero-order valence-corrected chi connectivity index (χ0v) is 20.3. The highest BCUT2D eigenvalue weighted by Crippen LogP contribution is 2.24. The number of pyridine rings is 2. The average Bonchev–Trinajstić information content (AvgIpc) is 3.64. The van der Waals surface area contributed by atoms with Crippen LogP contribution in [0.25, 0.3) is 16.7 Å². The fourth-order valence-corrected chi connectivity index (χ4v) is 6.07. The van der Waals surface area contributed by atoms with Crippen LogP contribution in [0.5, 0.6) is 0 Å². The Bertz CT molecular complexity index is 1310. The van der Waals surface area contributed by atoms with Crippen molar-refractivity contribution in [3.63, 3.8) is 0 Å². The SMILES string of the molecule is c1cc(N2CCN(c3ccc4ccn(CCN5CC(N6CCCC6)C5)c4n3)CC2)n2ccnc2c1. The molecule has 0 unspecified atom stereocenters. The minimum Gasteiger partial charge on any atom is -0.354 e. The lowest BCUT2D eigenvalue weighted by molar-refractivity contribution is 0.0459. The smallest absolute Gasteiger partial charge is 0.142 e. The molecule has 8 nitrogen and oxygen atoms in total. The molecule has 3 saturated heterocycles. The van der Waals surface area contributed by atoms with Gasteiger partial charge >= 0.3 is 0 Å². The molecule has 3 fully saturated rings. The molecule has 0 aromatic carbocycles. The molecule has 0 aliphatic carbocycles. The van der Waals surface area contributed by atoms with Crippen LogP contribution in [0.1, 0.15) is 12.8 Å². The van der Waals surface area contributed by atoms with E-state index in [4.69, 9.17) is 4.98 Å². The minimum absolute atomic E-state index is 0.795. The van der Waals surface area contributed by atoms with Crippen LogP contribution in [-0.2, 0) is 6.54 Å². The van der Waals surface area contributed by atoms with Gasteiger partial charge in [0.2, 0.25) is 0 Å². The molecule has 0 amide bonds. The summed E-state index contributed by atoms with van der Waals surface area (Å²) in [6.45, 7) is 11.1. The molecule has 0 atom stereocenters. The molecular weight excluding hydrogens is 436 g/mol. The van der Waals surface area contributed by atoms with Gasteiger partial charge in [0.1, 0.15) is 22.9 Å². The highest BCUT2D eigenvalue weighted by molar-refractivity contribution is 5.78. The van der Waals surface area contributed by atoms with Crippen molar-refractivity contribution in [2.45, 2.75) is 25.4 Å². The van der Waals surface area contributed by atoms with Gasteiger partial charge in [0.05, 0.1) is 0 Å². The number of rotatable bonds is 6. The van der Waals surface area contributed by atoms with E-state index < -0.39 is 0 Å². The van der Waals surface area contributed by atoms with E-state index in [1.807, 2.05) is 12.4 Å². The van der Waals surface area contributed by atoms with E-state index in [0.29, 0.717) is 0 Å². The molecule has 35 heavy (non-hydrogen) atoms. The lowest BCUT2D eigenvalue weighted by Gasteiger charge is -2.44. The molecule has 3 aliphatic rings. The number of likely N-dealkylation sites (tertiary alicyclic amines) is 2. The highest BCUT2D eigenvalue weighted by atomic mass is 15.3.